The average molecular weight is 258 g/mol. The number of nitrogens with two attached hydrogens (primary N) is 1. The van der Waals surface area contributed by atoms with E-state index in [1.54, 1.807) is 0 Å². The first-order valence-electron chi connectivity index (χ1n) is 7.29. The minimum Gasteiger partial charge on any atom is -0.329 e. The number of hydrogen-bond acceptors (Lipinski definition) is 3. The molecular weight excluding hydrogens is 236 g/mol. The molecule has 19 heavy (non-hydrogen) atoms. The van der Waals surface area contributed by atoms with Crippen LogP contribution in [0.5, 0.6) is 0 Å². The summed E-state index contributed by atoms with van der Waals surface area (Å²) in [5, 5.41) is 0. The number of imidazole rings is 1. The Morgan fingerprint density at radius 3 is 2.68 bits per heavy atom. The lowest BCUT2D eigenvalue weighted by Gasteiger charge is -2.30. The first kappa shape index (κ1) is 12.6. The molecule has 2 aromatic rings. The molecule has 0 saturated heterocycles. The molecule has 1 fully saturated rings. The third-order valence-corrected chi connectivity index (χ3v) is 4.58. The molecule has 1 aliphatic carbocycles. The molecule has 2 aromatic heterocycles. The highest BCUT2D eigenvalue weighted by Gasteiger charge is 2.37. The van der Waals surface area contributed by atoms with Crippen molar-refractivity contribution in [3.05, 3.63) is 24.2 Å². The summed E-state index contributed by atoms with van der Waals surface area (Å²) in [6.45, 7) is 5.07. The molecule has 0 aromatic carbocycles. The van der Waals surface area contributed by atoms with Crippen molar-refractivity contribution >= 4 is 11.2 Å². The lowest BCUT2D eigenvalue weighted by Crippen LogP contribution is -2.36. The SMILES string of the molecule is CCC(CC)(CN)c1nc2cccnc2n1C1CC1. The summed E-state index contributed by atoms with van der Waals surface area (Å²) >= 11 is 0. The summed E-state index contributed by atoms with van der Waals surface area (Å²) in [4.78, 5) is 9.42. The van der Waals surface area contributed by atoms with Crippen LogP contribution in [0.4, 0.5) is 0 Å². The second-order valence-corrected chi connectivity index (χ2v) is 5.57. The fourth-order valence-electron chi connectivity index (χ4n) is 2.93. The molecule has 0 aliphatic heterocycles. The Morgan fingerprint density at radius 2 is 2.11 bits per heavy atom. The van der Waals surface area contributed by atoms with Gasteiger partial charge in [-0.2, -0.15) is 0 Å². The third kappa shape index (κ3) is 1.86. The molecule has 4 heteroatoms. The van der Waals surface area contributed by atoms with Crippen LogP contribution in [0.15, 0.2) is 18.3 Å². The van der Waals surface area contributed by atoms with Crippen LogP contribution in [-0.2, 0) is 5.41 Å². The zero-order valence-electron chi connectivity index (χ0n) is 11.8. The summed E-state index contributed by atoms with van der Waals surface area (Å²) in [6.07, 6.45) is 6.38. The van der Waals surface area contributed by atoms with Gasteiger partial charge in [0, 0.05) is 24.2 Å². The van der Waals surface area contributed by atoms with Gasteiger partial charge in [0.25, 0.3) is 0 Å². The standard InChI is InChI=1S/C15H22N4/c1-3-15(4-2,10-16)14-18-12-6-5-9-17-13(12)19(14)11-7-8-11/h5-6,9,11H,3-4,7-8,10,16H2,1-2H3. The molecule has 2 heterocycles. The predicted octanol–water partition coefficient (Wildman–Crippen LogP) is 2.78. The molecule has 4 nitrogen and oxygen atoms in total. The van der Waals surface area contributed by atoms with Crippen LogP contribution in [0.3, 0.4) is 0 Å². The number of rotatable bonds is 5. The topological polar surface area (TPSA) is 56.7 Å². The van der Waals surface area contributed by atoms with E-state index in [4.69, 9.17) is 10.7 Å². The van der Waals surface area contributed by atoms with Crippen LogP contribution in [0.1, 0.15) is 51.4 Å². The maximum absolute atomic E-state index is 6.10. The van der Waals surface area contributed by atoms with Crippen molar-refractivity contribution < 1.29 is 0 Å². The van der Waals surface area contributed by atoms with E-state index in [0.717, 1.165) is 29.8 Å². The second kappa shape index (κ2) is 4.60. The maximum atomic E-state index is 6.10. The van der Waals surface area contributed by atoms with Gasteiger partial charge in [-0.1, -0.05) is 13.8 Å². The lowest BCUT2D eigenvalue weighted by atomic mass is 9.81. The molecule has 3 rings (SSSR count). The Labute approximate surface area is 114 Å². The normalized spacial score (nSPS) is 16.2. The highest BCUT2D eigenvalue weighted by molar-refractivity contribution is 5.72. The first-order chi connectivity index (χ1) is 9.25. The van der Waals surface area contributed by atoms with Gasteiger partial charge in [-0.15, -0.1) is 0 Å². The fourth-order valence-corrected chi connectivity index (χ4v) is 2.93. The van der Waals surface area contributed by atoms with Gasteiger partial charge in [0.1, 0.15) is 11.3 Å². The van der Waals surface area contributed by atoms with E-state index >= 15 is 0 Å². The third-order valence-electron chi connectivity index (χ3n) is 4.58. The van der Waals surface area contributed by atoms with E-state index in [0.29, 0.717) is 12.6 Å². The Kier molecular flexibility index (Phi) is 3.05. The van der Waals surface area contributed by atoms with E-state index in [2.05, 4.69) is 29.5 Å². The smallest absolute Gasteiger partial charge is 0.160 e. The Hall–Kier alpha value is -1.42. The van der Waals surface area contributed by atoms with Gasteiger partial charge in [-0.3, -0.25) is 0 Å². The van der Waals surface area contributed by atoms with Gasteiger partial charge in [-0.05, 0) is 37.8 Å². The van der Waals surface area contributed by atoms with Crippen molar-refractivity contribution in [3.8, 4) is 0 Å². The van der Waals surface area contributed by atoms with Gasteiger partial charge in [-0.25, -0.2) is 9.97 Å². The van der Waals surface area contributed by atoms with E-state index in [1.165, 1.54) is 12.8 Å². The largest absolute Gasteiger partial charge is 0.329 e. The fraction of sp³-hybridized carbons (Fsp3) is 0.600. The van der Waals surface area contributed by atoms with E-state index < -0.39 is 0 Å². The highest BCUT2D eigenvalue weighted by Crippen LogP contribution is 2.42. The average Bonchev–Trinajstić information content (AvgIpc) is 3.22. The predicted molar refractivity (Wildman–Crippen MR) is 77.1 cm³/mol. The number of nitrogens with zero attached hydrogens (tertiary/aromatic N) is 3. The number of pyridine rings is 1. The van der Waals surface area contributed by atoms with E-state index in [9.17, 15) is 0 Å². The Bertz CT molecular complexity index is 571. The minimum atomic E-state index is -0.0106. The van der Waals surface area contributed by atoms with Crippen molar-refractivity contribution in [3.63, 3.8) is 0 Å². The molecule has 0 spiro atoms. The molecule has 1 aliphatic rings. The lowest BCUT2D eigenvalue weighted by molar-refractivity contribution is 0.367. The summed E-state index contributed by atoms with van der Waals surface area (Å²) < 4.78 is 2.36. The van der Waals surface area contributed by atoms with Gasteiger partial charge >= 0.3 is 0 Å². The van der Waals surface area contributed by atoms with Crippen LogP contribution in [0.2, 0.25) is 0 Å². The van der Waals surface area contributed by atoms with Crippen molar-refractivity contribution in [2.75, 3.05) is 6.54 Å². The summed E-state index contributed by atoms with van der Waals surface area (Å²) in [5.74, 6) is 1.15. The first-order valence-corrected chi connectivity index (χ1v) is 7.29. The van der Waals surface area contributed by atoms with Crippen molar-refractivity contribution in [2.24, 2.45) is 5.73 Å². The molecule has 0 atom stereocenters. The monoisotopic (exact) mass is 258 g/mol. The van der Waals surface area contributed by atoms with Gasteiger partial charge in [0.05, 0.1) is 0 Å². The van der Waals surface area contributed by atoms with Crippen molar-refractivity contribution in [2.45, 2.75) is 51.0 Å². The number of hydrogen-bond donors (Lipinski definition) is 1. The van der Waals surface area contributed by atoms with Crippen molar-refractivity contribution in [1.82, 2.24) is 14.5 Å². The molecule has 0 bridgehead atoms. The van der Waals surface area contributed by atoms with Crippen LogP contribution in [0.25, 0.3) is 11.2 Å². The molecule has 0 amide bonds. The number of aromatic nitrogens is 3. The molecule has 102 valence electrons. The zero-order chi connectivity index (χ0) is 13.5. The molecule has 0 radical (unpaired) electrons. The second-order valence-electron chi connectivity index (χ2n) is 5.57. The van der Waals surface area contributed by atoms with E-state index in [1.807, 2.05) is 12.3 Å². The van der Waals surface area contributed by atoms with Crippen LogP contribution in [-0.4, -0.2) is 21.1 Å². The highest BCUT2D eigenvalue weighted by atomic mass is 15.2. The van der Waals surface area contributed by atoms with Crippen LogP contribution < -0.4 is 5.73 Å². The summed E-state index contributed by atoms with van der Waals surface area (Å²) in [7, 11) is 0. The molecule has 0 unspecified atom stereocenters. The maximum Gasteiger partial charge on any atom is 0.160 e. The quantitative estimate of drug-likeness (QED) is 0.897. The zero-order valence-corrected chi connectivity index (χ0v) is 11.8. The summed E-state index contributed by atoms with van der Waals surface area (Å²) in [6, 6.07) is 4.59. The van der Waals surface area contributed by atoms with Gasteiger partial charge in [0.2, 0.25) is 0 Å². The Morgan fingerprint density at radius 1 is 1.37 bits per heavy atom. The van der Waals surface area contributed by atoms with Gasteiger partial charge in [0.15, 0.2) is 5.65 Å². The van der Waals surface area contributed by atoms with Crippen LogP contribution in [0, 0.1) is 0 Å². The van der Waals surface area contributed by atoms with Crippen LogP contribution >= 0.6 is 0 Å². The molecule has 2 N–H and O–H groups in total. The molecule has 1 saturated carbocycles. The Balaban J connectivity index is 2.24. The van der Waals surface area contributed by atoms with E-state index in [-0.39, 0.29) is 5.41 Å². The minimum absolute atomic E-state index is 0.0106. The summed E-state index contributed by atoms with van der Waals surface area (Å²) in [5.41, 5.74) is 8.12. The van der Waals surface area contributed by atoms with Gasteiger partial charge < -0.3 is 10.3 Å². The molecular formula is C15H22N4. The van der Waals surface area contributed by atoms with Crippen molar-refractivity contribution in [1.29, 1.82) is 0 Å². The number of fused-ring (bicyclic) bond motifs is 1.